The molecule has 0 aliphatic heterocycles. The van der Waals surface area contributed by atoms with Gasteiger partial charge in [0.2, 0.25) is 0 Å². The summed E-state index contributed by atoms with van der Waals surface area (Å²) >= 11 is 0. The Balaban J connectivity index is -0.000000122. The van der Waals surface area contributed by atoms with Crippen LogP contribution in [0.5, 0.6) is 0 Å². The Kier molecular flexibility index (Phi) is 12.9. The molecule has 1 amide bonds. The zero-order chi connectivity index (χ0) is 18.4. The van der Waals surface area contributed by atoms with E-state index in [4.69, 9.17) is 10.2 Å². The summed E-state index contributed by atoms with van der Waals surface area (Å²) in [5, 5.41) is 47.3. The first kappa shape index (κ1) is 22.7. The van der Waals surface area contributed by atoms with Crippen molar-refractivity contribution in [2.75, 3.05) is 7.05 Å². The quantitative estimate of drug-likeness (QED) is 0.203. The van der Waals surface area contributed by atoms with Gasteiger partial charge >= 0.3 is 5.97 Å². The first-order valence-corrected chi connectivity index (χ1v) is 6.20. The molecular weight excluding hydrogens is 308 g/mol. The molecule has 0 aromatic rings. The first-order chi connectivity index (χ1) is 10.8. The van der Waals surface area contributed by atoms with Gasteiger partial charge in [0.15, 0.2) is 12.2 Å². The fourth-order valence-corrected chi connectivity index (χ4v) is 0.998. The monoisotopic (exact) mass is 337 g/mol. The van der Waals surface area contributed by atoms with Gasteiger partial charge in [-0.05, 0) is 18.8 Å². The van der Waals surface area contributed by atoms with Crippen molar-refractivity contribution in [3.05, 3.63) is 0 Å². The Morgan fingerprint density at radius 2 is 1.43 bits per heavy atom. The lowest BCUT2D eigenvalue weighted by atomic mass is 10.0. The second-order valence-electron chi connectivity index (χ2n) is 3.57. The molecule has 0 saturated heterocycles. The maximum absolute atomic E-state index is 11.3. The van der Waals surface area contributed by atoms with E-state index in [0.717, 1.165) is 0 Å². The molecule has 0 rings (SSSR count). The van der Waals surface area contributed by atoms with Gasteiger partial charge in [0.1, 0.15) is 12.2 Å². The lowest BCUT2D eigenvalue weighted by Gasteiger charge is -2.23. The Labute approximate surface area is 140 Å². The van der Waals surface area contributed by atoms with Gasteiger partial charge in [0.05, 0.1) is 7.05 Å². The third-order valence-electron chi connectivity index (χ3n) is 2.08. The topological polar surface area (TPSA) is 175 Å². The molecule has 0 aromatic carbocycles. The molecule has 0 saturated carbocycles. The molecule has 0 bridgehead atoms. The molecule has 23 heavy (non-hydrogen) atoms. The predicted molar refractivity (Wildman–Crippen MR) is 88.2 cm³/mol. The second-order valence-corrected chi connectivity index (χ2v) is 3.57. The summed E-state index contributed by atoms with van der Waals surface area (Å²) in [6.07, 6.45) is -9.01. The summed E-state index contributed by atoms with van der Waals surface area (Å²) in [5.41, 5.74) is 3.25. The number of aliphatic hydroxyl groups excluding tert-OH is 4. The number of amides is 1. The Bertz CT molecular complexity index is 590. The average Bonchev–Trinajstić information content (AvgIpc) is 2.56. The third kappa shape index (κ3) is 9.12. The van der Waals surface area contributed by atoms with Gasteiger partial charge in [0.25, 0.3) is 5.91 Å². The molecule has 0 aromatic heterocycles. The van der Waals surface area contributed by atoms with Gasteiger partial charge in [0, 0.05) is 25.0 Å². The number of rotatable bonds is 5. The Morgan fingerprint density at radius 3 is 1.91 bits per heavy atom. The summed E-state index contributed by atoms with van der Waals surface area (Å²) in [5.74, 6) is 8.59. The van der Waals surface area contributed by atoms with Crippen LogP contribution in [0.2, 0.25) is 0 Å². The lowest BCUT2D eigenvalue weighted by Crippen LogP contribution is -2.52. The molecule has 9 nitrogen and oxygen atoms in total. The SMILES string of the molecule is CC#CC#CC#CNC(=O)[C@@H](O)[C@H](O)[C@@H](O)[C@@H](O)C(=O)O.C[NH3+].[HH].[HH].[HH].[HH].[HH]. The van der Waals surface area contributed by atoms with Crippen molar-refractivity contribution in [1.29, 1.82) is 0 Å². The van der Waals surface area contributed by atoms with Crippen molar-refractivity contribution < 1.29 is 48.0 Å². The molecule has 0 aliphatic rings. The van der Waals surface area contributed by atoms with E-state index in [0.29, 0.717) is 0 Å². The highest BCUT2D eigenvalue weighted by Crippen LogP contribution is 2.05. The van der Waals surface area contributed by atoms with Crippen LogP contribution in [0.4, 0.5) is 0 Å². The number of carboxylic acids is 1. The van der Waals surface area contributed by atoms with Crippen molar-refractivity contribution in [2.45, 2.75) is 31.3 Å². The number of hydrogen-bond acceptors (Lipinski definition) is 6. The van der Waals surface area contributed by atoms with Crippen LogP contribution in [0.3, 0.4) is 0 Å². The number of hydrogen-bond donors (Lipinski definition) is 7. The largest absolute Gasteiger partial charge is 0.479 e. The van der Waals surface area contributed by atoms with E-state index in [9.17, 15) is 24.9 Å². The molecule has 0 heterocycles. The minimum Gasteiger partial charge on any atom is -0.479 e. The molecule has 136 valence electrons. The van der Waals surface area contributed by atoms with Crippen molar-refractivity contribution in [3.8, 4) is 35.6 Å². The number of aliphatic carboxylic acids is 1. The number of nitrogens with one attached hydrogen (secondary N) is 1. The van der Waals surface area contributed by atoms with Gasteiger partial charge < -0.3 is 31.3 Å². The van der Waals surface area contributed by atoms with Crippen molar-refractivity contribution >= 4 is 11.9 Å². The van der Waals surface area contributed by atoms with Gasteiger partial charge in [-0.3, -0.25) is 10.1 Å². The highest BCUT2D eigenvalue weighted by molar-refractivity contribution is 5.83. The van der Waals surface area contributed by atoms with E-state index in [1.165, 1.54) is 0 Å². The predicted octanol–water partition coefficient (Wildman–Crippen LogP) is -3.29. The van der Waals surface area contributed by atoms with Crippen molar-refractivity contribution in [1.82, 2.24) is 5.32 Å². The highest BCUT2D eigenvalue weighted by Gasteiger charge is 2.37. The summed E-state index contributed by atoms with van der Waals surface area (Å²) in [6, 6.07) is 2.05. The summed E-state index contributed by atoms with van der Waals surface area (Å²) in [4.78, 5) is 21.7. The molecule has 9 N–H and O–H groups in total. The van der Waals surface area contributed by atoms with E-state index >= 15 is 0 Å². The van der Waals surface area contributed by atoms with Gasteiger partial charge in [-0.25, -0.2) is 4.79 Å². The molecule has 0 aliphatic carbocycles. The molecule has 0 unspecified atom stereocenters. The van der Waals surface area contributed by atoms with Gasteiger partial charge in [-0.15, -0.1) is 0 Å². The molecule has 4 atom stereocenters. The Morgan fingerprint density at radius 1 is 0.957 bits per heavy atom. The molecule has 9 heteroatoms. The zero-order valence-electron chi connectivity index (χ0n) is 12.6. The fraction of sp³-hybridized carbons (Fsp3) is 0.429. The van der Waals surface area contributed by atoms with E-state index in [-0.39, 0.29) is 7.13 Å². The number of carbonyl (C=O) groups is 2. The first-order valence-electron chi connectivity index (χ1n) is 6.20. The van der Waals surface area contributed by atoms with Gasteiger partial charge in [-0.1, -0.05) is 5.92 Å². The molecule has 0 spiro atoms. The average molecular weight is 337 g/mol. The van der Waals surface area contributed by atoms with Crippen molar-refractivity contribution in [2.24, 2.45) is 0 Å². The minimum absolute atomic E-state index is 0. The van der Waals surface area contributed by atoms with Crippen molar-refractivity contribution in [3.63, 3.8) is 0 Å². The molecular formula is C14H29N2O7+. The van der Waals surface area contributed by atoms with E-state index in [1.54, 1.807) is 14.0 Å². The number of carbonyl (C=O) groups excluding carboxylic acids is 1. The van der Waals surface area contributed by atoms with E-state index in [1.807, 2.05) is 11.4 Å². The minimum atomic E-state index is -2.35. The summed E-state index contributed by atoms with van der Waals surface area (Å²) in [7, 11) is 1.75. The standard InChI is InChI=1S/C13H13NO7.CH5N.5H2/c1-2-3-4-5-6-7-14-12(19)10(17)8(15)9(16)11(18)13(20)21;1-2;;;;;/h8-11,15-18H,1H3,(H,14,19)(H,20,21);2H2,1H3;5*1H/p+1/t8-,9-,10+,11-;;;;;;/m1....../s1. The zero-order valence-corrected chi connectivity index (χ0v) is 12.6. The third-order valence-corrected chi connectivity index (χ3v) is 2.08. The van der Waals surface area contributed by atoms with Crippen LogP contribution in [0.15, 0.2) is 0 Å². The number of quaternary nitrogens is 1. The summed E-state index contributed by atoms with van der Waals surface area (Å²) < 4.78 is 0. The van der Waals surface area contributed by atoms with Crippen LogP contribution < -0.4 is 11.1 Å². The molecule has 0 fully saturated rings. The van der Waals surface area contributed by atoms with E-state index < -0.39 is 36.3 Å². The summed E-state index contributed by atoms with van der Waals surface area (Å²) in [6.45, 7) is 1.57. The smallest absolute Gasteiger partial charge is 0.335 e. The van der Waals surface area contributed by atoms with Crippen LogP contribution in [0.25, 0.3) is 0 Å². The molecule has 0 radical (unpaired) electrons. The van der Waals surface area contributed by atoms with Crippen LogP contribution in [-0.4, -0.2) is 68.9 Å². The van der Waals surface area contributed by atoms with Crippen LogP contribution in [-0.2, 0) is 9.59 Å². The van der Waals surface area contributed by atoms with Crippen LogP contribution >= 0.6 is 0 Å². The highest BCUT2D eigenvalue weighted by atomic mass is 16.4. The Hall–Kier alpha value is -2.58. The number of carboxylic acid groups (broad SMARTS) is 1. The maximum atomic E-state index is 11.3. The fourth-order valence-electron chi connectivity index (χ4n) is 0.998. The number of aliphatic hydroxyl groups is 4. The van der Waals surface area contributed by atoms with Crippen LogP contribution in [0.1, 0.15) is 14.1 Å². The van der Waals surface area contributed by atoms with Crippen LogP contribution in [0, 0.1) is 35.6 Å². The second kappa shape index (κ2) is 13.1. The lowest BCUT2D eigenvalue weighted by molar-refractivity contribution is -0.325. The van der Waals surface area contributed by atoms with Gasteiger partial charge in [-0.2, -0.15) is 0 Å². The maximum Gasteiger partial charge on any atom is 0.335 e. The normalized spacial score (nSPS) is 13.5. The van der Waals surface area contributed by atoms with E-state index in [2.05, 4.69) is 35.3 Å².